The second-order valence-electron chi connectivity index (χ2n) is 3.25. The Morgan fingerprint density at radius 1 is 1.43 bits per heavy atom. The van der Waals surface area contributed by atoms with Crippen LogP contribution in [0.5, 0.6) is 0 Å². The molecule has 0 aliphatic rings. The molecule has 5 heteroatoms. The number of methoxy groups -OCH3 is 1. The van der Waals surface area contributed by atoms with Crippen LogP contribution in [0.25, 0.3) is 0 Å². The highest BCUT2D eigenvalue weighted by atomic mass is 16.5. The minimum absolute atomic E-state index is 0.0655. The van der Waals surface area contributed by atoms with E-state index >= 15 is 0 Å². The molecule has 5 nitrogen and oxygen atoms in total. The minimum Gasteiger partial charge on any atom is -0.481 e. The van der Waals surface area contributed by atoms with Crippen molar-refractivity contribution in [3.05, 3.63) is 0 Å². The topological polar surface area (TPSA) is 75.6 Å². The summed E-state index contributed by atoms with van der Waals surface area (Å²) in [6.07, 6.45) is 0.675. The number of carboxylic acids is 1. The van der Waals surface area contributed by atoms with E-state index in [4.69, 9.17) is 9.84 Å². The van der Waals surface area contributed by atoms with Gasteiger partial charge < -0.3 is 15.2 Å². The van der Waals surface area contributed by atoms with Gasteiger partial charge in [0.25, 0.3) is 0 Å². The number of aliphatic carboxylic acids is 1. The maximum Gasteiger partial charge on any atom is 0.315 e. The average molecular weight is 203 g/mol. The number of carbonyl (C=O) groups excluding carboxylic acids is 1. The molecule has 0 saturated carbocycles. The van der Waals surface area contributed by atoms with Gasteiger partial charge in [-0.3, -0.25) is 9.59 Å². The van der Waals surface area contributed by atoms with Crippen molar-refractivity contribution in [3.8, 4) is 0 Å². The predicted octanol–water partition coefficient (Wildman–Crippen LogP) is 0.248. The van der Waals surface area contributed by atoms with Gasteiger partial charge in [-0.2, -0.15) is 0 Å². The number of nitrogens with one attached hydrogen (secondary N) is 1. The summed E-state index contributed by atoms with van der Waals surface area (Å²) in [5.74, 6) is -2.57. The fourth-order valence-corrected chi connectivity index (χ4v) is 0.847. The lowest BCUT2D eigenvalue weighted by atomic mass is 10.1. The van der Waals surface area contributed by atoms with E-state index in [9.17, 15) is 9.59 Å². The Kier molecular flexibility index (Phi) is 5.87. The molecule has 0 fully saturated rings. The van der Waals surface area contributed by atoms with Gasteiger partial charge in [-0.1, -0.05) is 0 Å². The molecule has 1 amide bonds. The predicted molar refractivity (Wildman–Crippen MR) is 50.9 cm³/mol. The first kappa shape index (κ1) is 12.9. The van der Waals surface area contributed by atoms with E-state index in [2.05, 4.69) is 5.32 Å². The minimum atomic E-state index is -1.11. The van der Waals surface area contributed by atoms with Gasteiger partial charge in [-0.05, 0) is 20.3 Å². The summed E-state index contributed by atoms with van der Waals surface area (Å²) in [5, 5.41) is 11.2. The van der Waals surface area contributed by atoms with Gasteiger partial charge in [-0.25, -0.2) is 0 Å². The molecular formula is C9H17NO4. The van der Waals surface area contributed by atoms with Crippen molar-refractivity contribution in [2.24, 2.45) is 5.92 Å². The van der Waals surface area contributed by atoms with Gasteiger partial charge in [-0.15, -0.1) is 0 Å². The molecule has 0 aromatic heterocycles. The molecule has 0 rings (SSSR count). The van der Waals surface area contributed by atoms with Gasteiger partial charge in [0.1, 0.15) is 5.92 Å². The SMILES string of the molecule is COCCC(C)NC(=O)C(C)C(=O)O. The number of carboxylic acid groups (broad SMARTS) is 1. The Bertz CT molecular complexity index is 205. The zero-order chi connectivity index (χ0) is 11.1. The maximum absolute atomic E-state index is 11.2. The summed E-state index contributed by atoms with van der Waals surface area (Å²) in [6, 6.07) is -0.0655. The Morgan fingerprint density at radius 3 is 2.43 bits per heavy atom. The third-order valence-corrected chi connectivity index (χ3v) is 1.91. The fourth-order valence-electron chi connectivity index (χ4n) is 0.847. The standard InChI is InChI=1S/C9H17NO4/c1-6(4-5-14-3)10-8(11)7(2)9(12)13/h6-7H,4-5H2,1-3H3,(H,10,11)(H,12,13). The molecule has 14 heavy (non-hydrogen) atoms. The van der Waals surface area contributed by atoms with Gasteiger partial charge in [0.15, 0.2) is 0 Å². The normalized spacial score (nSPS) is 14.5. The van der Waals surface area contributed by atoms with Crippen LogP contribution in [0, 0.1) is 5.92 Å². The van der Waals surface area contributed by atoms with Gasteiger partial charge in [0.2, 0.25) is 5.91 Å². The summed E-state index contributed by atoms with van der Waals surface area (Å²) in [5.41, 5.74) is 0. The number of ether oxygens (including phenoxy) is 1. The van der Waals surface area contributed by atoms with Crippen molar-refractivity contribution < 1.29 is 19.4 Å². The number of carbonyl (C=O) groups is 2. The highest BCUT2D eigenvalue weighted by Crippen LogP contribution is 1.97. The van der Waals surface area contributed by atoms with Crippen molar-refractivity contribution in [1.82, 2.24) is 5.32 Å². The van der Waals surface area contributed by atoms with E-state index < -0.39 is 17.8 Å². The third-order valence-electron chi connectivity index (χ3n) is 1.91. The first-order valence-electron chi connectivity index (χ1n) is 4.51. The van der Waals surface area contributed by atoms with E-state index in [-0.39, 0.29) is 6.04 Å². The molecule has 2 atom stereocenters. The van der Waals surface area contributed by atoms with Crippen molar-refractivity contribution in [2.75, 3.05) is 13.7 Å². The molecule has 2 N–H and O–H groups in total. The maximum atomic E-state index is 11.2. The van der Waals surface area contributed by atoms with Crippen LogP contribution in [0.15, 0.2) is 0 Å². The average Bonchev–Trinajstić information content (AvgIpc) is 2.13. The molecule has 0 bridgehead atoms. The van der Waals surface area contributed by atoms with Crippen molar-refractivity contribution in [3.63, 3.8) is 0 Å². The van der Waals surface area contributed by atoms with E-state index in [1.54, 1.807) is 7.11 Å². The summed E-state index contributed by atoms with van der Waals surface area (Å²) in [4.78, 5) is 21.7. The van der Waals surface area contributed by atoms with Crippen LogP contribution in [-0.2, 0) is 14.3 Å². The Balaban J connectivity index is 3.87. The first-order valence-corrected chi connectivity index (χ1v) is 4.51. The Hall–Kier alpha value is -1.10. The van der Waals surface area contributed by atoms with Crippen molar-refractivity contribution in [1.29, 1.82) is 0 Å². The zero-order valence-corrected chi connectivity index (χ0v) is 8.74. The lowest BCUT2D eigenvalue weighted by molar-refractivity contribution is -0.146. The molecule has 82 valence electrons. The second kappa shape index (κ2) is 6.37. The van der Waals surface area contributed by atoms with Crippen LogP contribution in [0.3, 0.4) is 0 Å². The lowest BCUT2D eigenvalue weighted by Crippen LogP contribution is -2.39. The summed E-state index contributed by atoms with van der Waals surface area (Å²) in [7, 11) is 1.58. The summed E-state index contributed by atoms with van der Waals surface area (Å²) >= 11 is 0. The molecule has 0 aromatic rings. The number of rotatable bonds is 6. The smallest absolute Gasteiger partial charge is 0.315 e. The van der Waals surface area contributed by atoms with Gasteiger partial charge >= 0.3 is 5.97 Å². The zero-order valence-electron chi connectivity index (χ0n) is 8.74. The molecule has 0 aliphatic carbocycles. The van der Waals surface area contributed by atoms with Crippen molar-refractivity contribution in [2.45, 2.75) is 26.3 Å². The lowest BCUT2D eigenvalue weighted by Gasteiger charge is -2.14. The molecular weight excluding hydrogens is 186 g/mol. The van der Waals surface area contributed by atoms with Crippen LogP contribution in [0.4, 0.5) is 0 Å². The molecule has 2 unspecified atom stereocenters. The highest BCUT2D eigenvalue weighted by Gasteiger charge is 2.21. The van der Waals surface area contributed by atoms with Crippen LogP contribution < -0.4 is 5.32 Å². The Morgan fingerprint density at radius 2 is 2.00 bits per heavy atom. The number of hydrogen-bond donors (Lipinski definition) is 2. The van der Waals surface area contributed by atoms with E-state index in [0.29, 0.717) is 13.0 Å². The molecule has 0 spiro atoms. The third kappa shape index (κ3) is 4.81. The van der Waals surface area contributed by atoms with Crippen LogP contribution in [0.1, 0.15) is 20.3 Å². The van der Waals surface area contributed by atoms with Crippen LogP contribution in [-0.4, -0.2) is 36.7 Å². The van der Waals surface area contributed by atoms with Crippen LogP contribution in [0.2, 0.25) is 0 Å². The second-order valence-corrected chi connectivity index (χ2v) is 3.25. The monoisotopic (exact) mass is 203 g/mol. The van der Waals surface area contributed by atoms with Gasteiger partial charge in [0.05, 0.1) is 0 Å². The summed E-state index contributed by atoms with van der Waals surface area (Å²) < 4.78 is 4.83. The van der Waals surface area contributed by atoms with E-state index in [1.807, 2.05) is 6.92 Å². The molecule has 0 saturated heterocycles. The molecule has 0 radical (unpaired) electrons. The quantitative estimate of drug-likeness (QED) is 0.607. The summed E-state index contributed by atoms with van der Waals surface area (Å²) in [6.45, 7) is 3.72. The molecule has 0 aliphatic heterocycles. The van der Waals surface area contributed by atoms with Crippen LogP contribution >= 0.6 is 0 Å². The largest absolute Gasteiger partial charge is 0.481 e. The van der Waals surface area contributed by atoms with E-state index in [0.717, 1.165) is 0 Å². The Labute approximate surface area is 83.4 Å². The first-order chi connectivity index (χ1) is 6.49. The molecule has 0 heterocycles. The van der Waals surface area contributed by atoms with E-state index in [1.165, 1.54) is 6.92 Å². The fraction of sp³-hybridized carbons (Fsp3) is 0.778. The molecule has 0 aromatic carbocycles. The van der Waals surface area contributed by atoms with Gasteiger partial charge in [0, 0.05) is 19.8 Å². The number of amides is 1. The highest BCUT2D eigenvalue weighted by molar-refractivity contribution is 5.96. The van der Waals surface area contributed by atoms with Crippen molar-refractivity contribution >= 4 is 11.9 Å². The number of hydrogen-bond acceptors (Lipinski definition) is 3.